The second kappa shape index (κ2) is 6.45. The Bertz CT molecular complexity index is 386. The first-order chi connectivity index (χ1) is 8.08. The monoisotopic (exact) mass is 235 g/mol. The summed E-state index contributed by atoms with van der Waals surface area (Å²) in [5.74, 6) is 0.845. The van der Waals surface area contributed by atoms with Crippen molar-refractivity contribution in [3.8, 4) is 0 Å². The predicted octanol–water partition coefficient (Wildman–Crippen LogP) is 1.87. The minimum Gasteiger partial charge on any atom is -0.303 e. The Labute approximate surface area is 103 Å². The van der Waals surface area contributed by atoms with Crippen LogP contribution in [-0.4, -0.2) is 40.3 Å². The lowest BCUT2D eigenvalue weighted by molar-refractivity contribution is 0.101. The molecule has 0 N–H and O–H groups in total. The Balaban J connectivity index is 2.67. The van der Waals surface area contributed by atoms with Gasteiger partial charge in [-0.15, -0.1) is 0 Å². The van der Waals surface area contributed by atoms with Gasteiger partial charge in [0.2, 0.25) is 0 Å². The molecule has 1 aromatic rings. The molecular weight excluding hydrogens is 214 g/mol. The van der Waals surface area contributed by atoms with Gasteiger partial charge in [0.25, 0.3) is 0 Å². The van der Waals surface area contributed by atoms with Crippen molar-refractivity contribution in [3.63, 3.8) is 0 Å². The van der Waals surface area contributed by atoms with Crippen LogP contribution in [-0.2, 0) is 6.42 Å². The SMILES string of the molecule is CCN(CC)CCc1ncc(C(C)=O)c(C)n1. The highest BCUT2D eigenvalue weighted by Gasteiger charge is 2.08. The minimum absolute atomic E-state index is 0.0257. The number of aromatic nitrogens is 2. The fourth-order valence-corrected chi connectivity index (χ4v) is 1.78. The zero-order valence-corrected chi connectivity index (χ0v) is 11.2. The number of aryl methyl sites for hydroxylation is 1. The van der Waals surface area contributed by atoms with E-state index in [9.17, 15) is 4.79 Å². The molecule has 0 atom stereocenters. The van der Waals surface area contributed by atoms with E-state index in [2.05, 4.69) is 28.7 Å². The van der Waals surface area contributed by atoms with Gasteiger partial charge in [-0.2, -0.15) is 0 Å². The van der Waals surface area contributed by atoms with E-state index in [1.807, 2.05) is 6.92 Å². The van der Waals surface area contributed by atoms with Crippen molar-refractivity contribution in [1.82, 2.24) is 14.9 Å². The Hall–Kier alpha value is -1.29. The van der Waals surface area contributed by atoms with E-state index >= 15 is 0 Å². The quantitative estimate of drug-likeness (QED) is 0.706. The average Bonchev–Trinajstić information content (AvgIpc) is 2.30. The summed E-state index contributed by atoms with van der Waals surface area (Å²) in [5, 5.41) is 0. The Morgan fingerprint density at radius 2 is 2.00 bits per heavy atom. The largest absolute Gasteiger partial charge is 0.303 e. The molecule has 0 aliphatic rings. The maximum Gasteiger partial charge on any atom is 0.163 e. The van der Waals surface area contributed by atoms with E-state index in [1.54, 1.807) is 13.1 Å². The number of Topliss-reactive ketones (excluding diaryl/α,β-unsaturated/α-hetero) is 1. The van der Waals surface area contributed by atoms with Crippen molar-refractivity contribution in [2.75, 3.05) is 19.6 Å². The molecule has 0 aliphatic carbocycles. The third kappa shape index (κ3) is 3.89. The van der Waals surface area contributed by atoms with Gasteiger partial charge in [0.1, 0.15) is 5.82 Å². The minimum atomic E-state index is 0.0257. The maximum atomic E-state index is 11.2. The molecule has 17 heavy (non-hydrogen) atoms. The van der Waals surface area contributed by atoms with Crippen LogP contribution >= 0.6 is 0 Å². The molecule has 4 heteroatoms. The molecule has 0 amide bonds. The van der Waals surface area contributed by atoms with Crippen LogP contribution in [0.4, 0.5) is 0 Å². The normalized spacial score (nSPS) is 10.9. The van der Waals surface area contributed by atoms with Gasteiger partial charge >= 0.3 is 0 Å². The van der Waals surface area contributed by atoms with Gasteiger partial charge in [0.15, 0.2) is 5.78 Å². The fraction of sp³-hybridized carbons (Fsp3) is 0.615. The van der Waals surface area contributed by atoms with Crippen LogP contribution in [0.5, 0.6) is 0 Å². The average molecular weight is 235 g/mol. The van der Waals surface area contributed by atoms with Gasteiger partial charge in [-0.3, -0.25) is 4.79 Å². The Kier molecular flexibility index (Phi) is 5.22. The third-order valence-electron chi connectivity index (χ3n) is 2.95. The topological polar surface area (TPSA) is 46.1 Å². The molecule has 0 saturated heterocycles. The standard InChI is InChI=1S/C13H21N3O/c1-5-16(6-2)8-7-13-14-9-12(11(4)17)10(3)15-13/h9H,5-8H2,1-4H3. The van der Waals surface area contributed by atoms with Crippen molar-refractivity contribution in [2.24, 2.45) is 0 Å². The molecule has 4 nitrogen and oxygen atoms in total. The van der Waals surface area contributed by atoms with Crippen LogP contribution in [0.25, 0.3) is 0 Å². The number of hydrogen-bond acceptors (Lipinski definition) is 4. The third-order valence-corrected chi connectivity index (χ3v) is 2.95. The fourth-order valence-electron chi connectivity index (χ4n) is 1.78. The lowest BCUT2D eigenvalue weighted by Gasteiger charge is -2.17. The number of ketones is 1. The number of rotatable bonds is 6. The van der Waals surface area contributed by atoms with E-state index in [-0.39, 0.29) is 5.78 Å². The first-order valence-electron chi connectivity index (χ1n) is 6.14. The van der Waals surface area contributed by atoms with Crippen molar-refractivity contribution >= 4 is 5.78 Å². The summed E-state index contributed by atoms with van der Waals surface area (Å²) in [6, 6.07) is 0. The molecule has 1 aromatic heterocycles. The van der Waals surface area contributed by atoms with E-state index in [0.29, 0.717) is 5.56 Å². The number of hydrogen-bond donors (Lipinski definition) is 0. The molecule has 0 fully saturated rings. The van der Waals surface area contributed by atoms with Crippen LogP contribution in [0.15, 0.2) is 6.20 Å². The number of carbonyl (C=O) groups excluding carboxylic acids is 1. The predicted molar refractivity (Wildman–Crippen MR) is 68.3 cm³/mol. The molecular formula is C13H21N3O. The van der Waals surface area contributed by atoms with Crippen LogP contribution in [0, 0.1) is 6.92 Å². The molecule has 0 unspecified atom stereocenters. The molecule has 0 bridgehead atoms. The van der Waals surface area contributed by atoms with Crippen molar-refractivity contribution < 1.29 is 4.79 Å². The molecule has 0 radical (unpaired) electrons. The summed E-state index contributed by atoms with van der Waals surface area (Å²) in [7, 11) is 0. The lowest BCUT2D eigenvalue weighted by Crippen LogP contribution is -2.26. The van der Waals surface area contributed by atoms with Gasteiger partial charge in [0.05, 0.1) is 11.3 Å². The first kappa shape index (κ1) is 13.8. The zero-order chi connectivity index (χ0) is 12.8. The van der Waals surface area contributed by atoms with E-state index in [1.165, 1.54) is 0 Å². The Morgan fingerprint density at radius 3 is 2.47 bits per heavy atom. The molecule has 0 aromatic carbocycles. The van der Waals surface area contributed by atoms with E-state index < -0.39 is 0 Å². The molecule has 0 spiro atoms. The number of likely N-dealkylation sites (N-methyl/N-ethyl adjacent to an activating group) is 1. The molecule has 0 saturated carbocycles. The summed E-state index contributed by atoms with van der Waals surface area (Å²) in [6.45, 7) is 10.7. The highest BCUT2D eigenvalue weighted by atomic mass is 16.1. The number of nitrogens with zero attached hydrogens (tertiary/aromatic N) is 3. The van der Waals surface area contributed by atoms with Crippen molar-refractivity contribution in [1.29, 1.82) is 0 Å². The number of carbonyl (C=O) groups is 1. The van der Waals surface area contributed by atoms with Crippen LogP contribution in [0.3, 0.4) is 0 Å². The van der Waals surface area contributed by atoms with Crippen LogP contribution in [0.1, 0.15) is 42.6 Å². The molecule has 1 rings (SSSR count). The molecule has 1 heterocycles. The highest BCUT2D eigenvalue weighted by Crippen LogP contribution is 2.05. The first-order valence-corrected chi connectivity index (χ1v) is 6.14. The summed E-state index contributed by atoms with van der Waals surface area (Å²) >= 11 is 0. The Morgan fingerprint density at radius 1 is 1.35 bits per heavy atom. The smallest absolute Gasteiger partial charge is 0.163 e. The molecule has 0 aliphatic heterocycles. The van der Waals surface area contributed by atoms with Crippen LogP contribution in [0.2, 0.25) is 0 Å². The van der Waals surface area contributed by atoms with Crippen molar-refractivity contribution in [2.45, 2.75) is 34.1 Å². The van der Waals surface area contributed by atoms with Gasteiger partial charge < -0.3 is 4.90 Å². The van der Waals surface area contributed by atoms with Crippen LogP contribution < -0.4 is 0 Å². The molecule has 94 valence electrons. The van der Waals surface area contributed by atoms with Gasteiger partial charge in [-0.25, -0.2) is 9.97 Å². The van der Waals surface area contributed by atoms with Gasteiger partial charge in [-0.05, 0) is 26.9 Å². The van der Waals surface area contributed by atoms with Gasteiger partial charge in [0, 0.05) is 19.2 Å². The van der Waals surface area contributed by atoms with E-state index in [0.717, 1.165) is 37.6 Å². The summed E-state index contributed by atoms with van der Waals surface area (Å²) in [6.07, 6.45) is 2.48. The highest BCUT2D eigenvalue weighted by molar-refractivity contribution is 5.94. The summed E-state index contributed by atoms with van der Waals surface area (Å²) in [5.41, 5.74) is 1.40. The van der Waals surface area contributed by atoms with E-state index in [4.69, 9.17) is 0 Å². The zero-order valence-electron chi connectivity index (χ0n) is 11.2. The summed E-state index contributed by atoms with van der Waals surface area (Å²) < 4.78 is 0. The van der Waals surface area contributed by atoms with Gasteiger partial charge in [-0.1, -0.05) is 13.8 Å². The lowest BCUT2D eigenvalue weighted by atomic mass is 10.2. The van der Waals surface area contributed by atoms with Crippen molar-refractivity contribution in [3.05, 3.63) is 23.3 Å². The second-order valence-corrected chi connectivity index (χ2v) is 4.12. The maximum absolute atomic E-state index is 11.2. The summed E-state index contributed by atoms with van der Waals surface area (Å²) in [4.78, 5) is 22.2. The second-order valence-electron chi connectivity index (χ2n) is 4.12.